The predicted molar refractivity (Wildman–Crippen MR) is 95.3 cm³/mol. The Kier molecular flexibility index (Phi) is 6.44. The lowest BCUT2D eigenvalue weighted by molar-refractivity contribution is 0.112. The topological polar surface area (TPSA) is 87.7 Å². The van der Waals surface area contributed by atoms with Crippen LogP contribution in [0.3, 0.4) is 0 Å². The number of ether oxygens (including phenoxy) is 1. The summed E-state index contributed by atoms with van der Waals surface area (Å²) in [5.74, 6) is 0.372. The average molecular weight is 346 g/mol. The van der Waals surface area contributed by atoms with E-state index in [1.54, 1.807) is 6.08 Å². The van der Waals surface area contributed by atoms with Gasteiger partial charge in [0, 0.05) is 11.6 Å². The minimum absolute atomic E-state index is 0.0144. The Hall–Kier alpha value is -2.50. The summed E-state index contributed by atoms with van der Waals surface area (Å²) in [6.07, 6.45) is 3.31. The maximum Gasteiger partial charge on any atom is 0.407 e. The minimum Gasteiger partial charge on any atom is -0.465 e. The molecule has 0 spiro atoms. The van der Waals surface area contributed by atoms with E-state index in [1.165, 1.54) is 0 Å². The fourth-order valence-corrected chi connectivity index (χ4v) is 3.34. The molecule has 1 aliphatic carbocycles. The molecule has 0 heterocycles. The molecule has 0 radical (unpaired) electrons. The van der Waals surface area contributed by atoms with Gasteiger partial charge < -0.3 is 20.5 Å². The molecule has 0 aromatic heterocycles. The largest absolute Gasteiger partial charge is 0.465 e. The Labute approximate surface area is 148 Å². The zero-order valence-electron chi connectivity index (χ0n) is 14.5. The van der Waals surface area contributed by atoms with E-state index in [2.05, 4.69) is 17.2 Å². The third-order valence-electron chi connectivity index (χ3n) is 4.51. The first kappa shape index (κ1) is 18.8. The van der Waals surface area contributed by atoms with Gasteiger partial charge >= 0.3 is 12.2 Å². The molecule has 1 fully saturated rings. The Bertz CT molecular complexity index is 599. The van der Waals surface area contributed by atoms with Crippen LogP contribution in [-0.2, 0) is 11.3 Å². The first-order valence-corrected chi connectivity index (χ1v) is 8.49. The smallest absolute Gasteiger partial charge is 0.407 e. The summed E-state index contributed by atoms with van der Waals surface area (Å²) < 4.78 is 5.30. The SMILES string of the molecule is C=CC[C@@](C)(CC1CC(NC(=O)O)C1)NC(=O)OCc1ccccc1. The van der Waals surface area contributed by atoms with Crippen molar-refractivity contribution in [2.24, 2.45) is 5.92 Å². The van der Waals surface area contributed by atoms with E-state index in [0.29, 0.717) is 12.3 Å². The lowest BCUT2D eigenvalue weighted by Gasteiger charge is -2.41. The predicted octanol–water partition coefficient (Wildman–Crippen LogP) is 3.68. The van der Waals surface area contributed by atoms with Crippen LogP contribution in [0, 0.1) is 5.92 Å². The lowest BCUT2D eigenvalue weighted by Crippen LogP contribution is -2.51. The maximum absolute atomic E-state index is 12.1. The van der Waals surface area contributed by atoms with E-state index in [9.17, 15) is 9.59 Å². The summed E-state index contributed by atoms with van der Waals surface area (Å²) >= 11 is 0. The highest BCUT2D eigenvalue weighted by Gasteiger charge is 2.37. The van der Waals surface area contributed by atoms with Gasteiger partial charge in [0.15, 0.2) is 0 Å². The van der Waals surface area contributed by atoms with Crippen LogP contribution >= 0.6 is 0 Å². The Morgan fingerprint density at radius 3 is 2.64 bits per heavy atom. The highest BCUT2D eigenvalue weighted by atomic mass is 16.5. The highest BCUT2D eigenvalue weighted by Crippen LogP contribution is 2.35. The van der Waals surface area contributed by atoms with Gasteiger partial charge in [-0.1, -0.05) is 36.4 Å². The maximum atomic E-state index is 12.1. The normalized spacial score (nSPS) is 21.3. The third-order valence-corrected chi connectivity index (χ3v) is 4.51. The van der Waals surface area contributed by atoms with Crippen molar-refractivity contribution in [3.05, 3.63) is 48.6 Å². The Morgan fingerprint density at radius 2 is 2.04 bits per heavy atom. The molecular weight excluding hydrogens is 320 g/mol. The highest BCUT2D eigenvalue weighted by molar-refractivity contribution is 5.68. The van der Waals surface area contributed by atoms with Crippen molar-refractivity contribution in [1.29, 1.82) is 0 Å². The summed E-state index contributed by atoms with van der Waals surface area (Å²) in [6, 6.07) is 9.53. The zero-order chi connectivity index (χ0) is 18.3. The third kappa shape index (κ3) is 6.14. The fourth-order valence-electron chi connectivity index (χ4n) is 3.34. The monoisotopic (exact) mass is 346 g/mol. The molecule has 0 unspecified atom stereocenters. The molecule has 0 aliphatic heterocycles. The molecule has 1 atom stereocenters. The van der Waals surface area contributed by atoms with Gasteiger partial charge in [-0.05, 0) is 44.1 Å². The van der Waals surface area contributed by atoms with Gasteiger partial charge in [-0.3, -0.25) is 0 Å². The molecule has 1 saturated carbocycles. The second-order valence-corrected chi connectivity index (χ2v) is 6.93. The molecule has 6 nitrogen and oxygen atoms in total. The van der Waals surface area contributed by atoms with Crippen LogP contribution in [-0.4, -0.2) is 28.9 Å². The molecule has 2 rings (SSSR count). The van der Waals surface area contributed by atoms with Crippen LogP contribution in [0.4, 0.5) is 9.59 Å². The summed E-state index contributed by atoms with van der Waals surface area (Å²) in [5, 5.41) is 14.2. The molecule has 25 heavy (non-hydrogen) atoms. The number of benzene rings is 1. The molecule has 1 aromatic rings. The van der Waals surface area contributed by atoms with Crippen molar-refractivity contribution in [2.45, 2.75) is 50.8 Å². The first-order valence-electron chi connectivity index (χ1n) is 8.49. The Morgan fingerprint density at radius 1 is 1.36 bits per heavy atom. The van der Waals surface area contributed by atoms with Gasteiger partial charge in [0.05, 0.1) is 0 Å². The summed E-state index contributed by atoms with van der Waals surface area (Å²) in [5.41, 5.74) is 0.485. The molecule has 0 saturated heterocycles. The number of hydrogen-bond donors (Lipinski definition) is 3. The molecule has 2 amide bonds. The summed E-state index contributed by atoms with van der Waals surface area (Å²) in [6.45, 7) is 5.97. The minimum atomic E-state index is -0.986. The molecule has 6 heteroatoms. The molecule has 1 aromatic carbocycles. The first-order chi connectivity index (χ1) is 11.9. The molecule has 1 aliphatic rings. The van der Waals surface area contributed by atoms with E-state index in [1.807, 2.05) is 37.3 Å². The fraction of sp³-hybridized carbons (Fsp3) is 0.474. The number of rotatable bonds is 8. The standard InChI is InChI=1S/C19H26N2O4/c1-3-9-19(2,12-15-10-16(11-15)20-17(22)23)21-18(24)25-13-14-7-5-4-6-8-14/h3-8,15-16,20H,1,9-13H2,2H3,(H,21,24)(H,22,23)/t15?,16?,19-/m0/s1. The van der Waals surface area contributed by atoms with Gasteiger partial charge in [-0.25, -0.2) is 9.59 Å². The number of nitrogens with one attached hydrogen (secondary N) is 2. The van der Waals surface area contributed by atoms with Crippen LogP contribution in [0.1, 0.15) is 38.2 Å². The van der Waals surface area contributed by atoms with Crippen molar-refractivity contribution < 1.29 is 19.4 Å². The van der Waals surface area contributed by atoms with Crippen molar-refractivity contribution in [3.8, 4) is 0 Å². The van der Waals surface area contributed by atoms with Crippen LogP contribution in [0.25, 0.3) is 0 Å². The molecular formula is C19H26N2O4. The van der Waals surface area contributed by atoms with Crippen LogP contribution in [0.15, 0.2) is 43.0 Å². The van der Waals surface area contributed by atoms with E-state index < -0.39 is 17.7 Å². The number of amides is 2. The van der Waals surface area contributed by atoms with E-state index in [4.69, 9.17) is 9.84 Å². The van der Waals surface area contributed by atoms with Gasteiger partial charge in [-0.15, -0.1) is 6.58 Å². The average Bonchev–Trinajstić information content (AvgIpc) is 2.51. The number of carbonyl (C=O) groups excluding carboxylic acids is 1. The Balaban J connectivity index is 1.81. The van der Waals surface area contributed by atoms with E-state index in [-0.39, 0.29) is 12.6 Å². The second-order valence-electron chi connectivity index (χ2n) is 6.93. The van der Waals surface area contributed by atoms with E-state index in [0.717, 1.165) is 24.8 Å². The van der Waals surface area contributed by atoms with Gasteiger partial charge in [0.2, 0.25) is 0 Å². The molecule has 0 bridgehead atoms. The van der Waals surface area contributed by atoms with Crippen molar-refractivity contribution in [3.63, 3.8) is 0 Å². The lowest BCUT2D eigenvalue weighted by atomic mass is 9.72. The number of hydrogen-bond acceptors (Lipinski definition) is 3. The summed E-state index contributed by atoms with van der Waals surface area (Å²) in [4.78, 5) is 22.8. The summed E-state index contributed by atoms with van der Waals surface area (Å²) in [7, 11) is 0. The van der Waals surface area contributed by atoms with Crippen LogP contribution < -0.4 is 10.6 Å². The van der Waals surface area contributed by atoms with Gasteiger partial charge in [0.25, 0.3) is 0 Å². The molecule has 3 N–H and O–H groups in total. The van der Waals surface area contributed by atoms with Crippen molar-refractivity contribution in [1.82, 2.24) is 10.6 Å². The number of alkyl carbamates (subject to hydrolysis) is 1. The van der Waals surface area contributed by atoms with E-state index >= 15 is 0 Å². The van der Waals surface area contributed by atoms with Gasteiger partial charge in [0.1, 0.15) is 6.61 Å². The number of carbonyl (C=O) groups is 2. The number of carboxylic acid groups (broad SMARTS) is 1. The molecule has 136 valence electrons. The zero-order valence-corrected chi connectivity index (χ0v) is 14.5. The van der Waals surface area contributed by atoms with Crippen molar-refractivity contribution in [2.75, 3.05) is 0 Å². The van der Waals surface area contributed by atoms with Crippen molar-refractivity contribution >= 4 is 12.2 Å². The quantitative estimate of drug-likeness (QED) is 0.627. The van der Waals surface area contributed by atoms with Crippen LogP contribution in [0.2, 0.25) is 0 Å². The second kappa shape index (κ2) is 8.55. The van der Waals surface area contributed by atoms with Crippen LogP contribution in [0.5, 0.6) is 0 Å². The van der Waals surface area contributed by atoms with Gasteiger partial charge in [-0.2, -0.15) is 0 Å².